The van der Waals surface area contributed by atoms with Gasteiger partial charge in [0.2, 0.25) is 0 Å². The zero-order valence-corrected chi connectivity index (χ0v) is 15.5. The number of rotatable bonds is 12. The van der Waals surface area contributed by atoms with Crippen molar-refractivity contribution in [1.29, 1.82) is 0 Å². The van der Waals surface area contributed by atoms with Crippen LogP contribution in [0.2, 0.25) is 0 Å². The lowest BCUT2D eigenvalue weighted by atomic mass is 10.2. The van der Waals surface area contributed by atoms with Crippen LogP contribution in [0, 0.1) is 0 Å². The first-order chi connectivity index (χ1) is 12.1. The normalized spacial score (nSPS) is 10.4. The number of nitrogens with zero attached hydrogens (tertiary/aromatic N) is 1. The van der Waals surface area contributed by atoms with Crippen LogP contribution in [0.25, 0.3) is 0 Å². The Hall–Kier alpha value is -2.11. The Morgan fingerprint density at radius 1 is 0.800 bits per heavy atom. The van der Waals surface area contributed by atoms with Crippen molar-refractivity contribution in [2.24, 2.45) is 0 Å². The molecule has 0 aromatic carbocycles. The van der Waals surface area contributed by atoms with Gasteiger partial charge in [-0.15, -0.1) is 0 Å². The van der Waals surface area contributed by atoms with E-state index >= 15 is 0 Å². The van der Waals surface area contributed by atoms with Crippen molar-refractivity contribution in [3.8, 4) is 5.75 Å². The maximum absolute atomic E-state index is 12.1. The molecule has 140 valence electrons. The van der Waals surface area contributed by atoms with Gasteiger partial charge in [0.1, 0.15) is 5.75 Å². The molecule has 0 spiro atoms. The molecule has 1 rings (SSSR count). The molecule has 0 unspecified atom stereocenters. The van der Waals surface area contributed by atoms with Crippen LogP contribution >= 0.6 is 0 Å². The lowest BCUT2D eigenvalue weighted by molar-refractivity contribution is 0.0483. The number of unbranched alkanes of at least 4 members (excludes halogenated alkanes) is 3. The smallest absolute Gasteiger partial charge is 0.357 e. The largest absolute Gasteiger partial charge is 0.493 e. The van der Waals surface area contributed by atoms with E-state index in [0.717, 1.165) is 38.5 Å². The second-order valence-electron chi connectivity index (χ2n) is 5.75. The summed E-state index contributed by atoms with van der Waals surface area (Å²) in [6, 6.07) is 3.01. The zero-order chi connectivity index (χ0) is 18.5. The van der Waals surface area contributed by atoms with Crippen LogP contribution in [-0.2, 0) is 9.47 Å². The van der Waals surface area contributed by atoms with E-state index in [9.17, 15) is 9.59 Å². The number of aromatic nitrogens is 1. The quantitative estimate of drug-likeness (QED) is 0.415. The number of hydrogen-bond donors (Lipinski definition) is 0. The second-order valence-corrected chi connectivity index (χ2v) is 5.75. The van der Waals surface area contributed by atoms with Gasteiger partial charge < -0.3 is 14.2 Å². The molecule has 0 aliphatic rings. The minimum Gasteiger partial charge on any atom is -0.493 e. The molecule has 0 saturated heterocycles. The first kappa shape index (κ1) is 20.9. The topological polar surface area (TPSA) is 74.7 Å². The molecule has 0 aliphatic heterocycles. The summed E-state index contributed by atoms with van der Waals surface area (Å²) in [5.74, 6) is -0.692. The number of carbonyl (C=O) groups is 2. The molecule has 6 heteroatoms. The third-order valence-corrected chi connectivity index (χ3v) is 3.45. The van der Waals surface area contributed by atoms with E-state index < -0.39 is 11.9 Å². The van der Waals surface area contributed by atoms with Gasteiger partial charge in [-0.05, 0) is 19.3 Å². The number of ether oxygens (including phenoxy) is 3. The van der Waals surface area contributed by atoms with Crippen LogP contribution in [0.3, 0.4) is 0 Å². The summed E-state index contributed by atoms with van der Waals surface area (Å²) in [4.78, 5) is 28.4. The summed E-state index contributed by atoms with van der Waals surface area (Å²) in [7, 11) is 0. The molecule has 0 saturated carbocycles. The standard InChI is InChI=1S/C19H29NO5/c1-4-7-10-23-15-13-16(18(21)24-11-8-5-2)20-17(14-15)19(22)25-12-9-6-3/h13-14H,4-12H2,1-3H3. The van der Waals surface area contributed by atoms with Gasteiger partial charge in [-0.25, -0.2) is 14.6 Å². The van der Waals surface area contributed by atoms with E-state index in [2.05, 4.69) is 11.9 Å². The lowest BCUT2D eigenvalue weighted by Crippen LogP contribution is -2.14. The second kappa shape index (κ2) is 12.3. The molecule has 1 aromatic rings. The Morgan fingerprint density at radius 3 is 1.68 bits per heavy atom. The van der Waals surface area contributed by atoms with Gasteiger partial charge in [0.05, 0.1) is 19.8 Å². The molecule has 1 aromatic heterocycles. The molecule has 0 aliphatic carbocycles. The molecular weight excluding hydrogens is 322 g/mol. The fourth-order valence-corrected chi connectivity index (χ4v) is 1.90. The Balaban J connectivity index is 2.89. The molecular formula is C19H29NO5. The lowest BCUT2D eigenvalue weighted by Gasteiger charge is -2.10. The highest BCUT2D eigenvalue weighted by Gasteiger charge is 2.17. The van der Waals surface area contributed by atoms with Crippen LogP contribution in [0.5, 0.6) is 5.75 Å². The first-order valence-corrected chi connectivity index (χ1v) is 9.11. The maximum atomic E-state index is 12.1. The molecule has 0 fully saturated rings. The maximum Gasteiger partial charge on any atom is 0.357 e. The summed E-state index contributed by atoms with van der Waals surface area (Å²) in [6.45, 7) is 7.25. The van der Waals surface area contributed by atoms with Gasteiger partial charge in [0.15, 0.2) is 11.4 Å². The van der Waals surface area contributed by atoms with E-state index in [1.807, 2.05) is 13.8 Å². The predicted octanol–water partition coefficient (Wildman–Crippen LogP) is 4.17. The van der Waals surface area contributed by atoms with Crippen molar-refractivity contribution >= 4 is 11.9 Å². The number of esters is 2. The van der Waals surface area contributed by atoms with Gasteiger partial charge in [-0.2, -0.15) is 0 Å². The molecule has 0 bridgehead atoms. The fourth-order valence-electron chi connectivity index (χ4n) is 1.90. The van der Waals surface area contributed by atoms with Gasteiger partial charge >= 0.3 is 11.9 Å². The Bertz CT molecular complexity index is 504. The molecule has 25 heavy (non-hydrogen) atoms. The molecule has 1 heterocycles. The van der Waals surface area contributed by atoms with E-state index in [-0.39, 0.29) is 11.4 Å². The molecule has 0 radical (unpaired) electrons. The predicted molar refractivity (Wildman–Crippen MR) is 95.0 cm³/mol. The van der Waals surface area contributed by atoms with E-state index in [4.69, 9.17) is 14.2 Å². The average Bonchev–Trinajstić information content (AvgIpc) is 2.62. The molecule has 0 N–H and O–H groups in total. The molecule has 6 nitrogen and oxygen atoms in total. The van der Waals surface area contributed by atoms with Crippen molar-refractivity contribution in [3.63, 3.8) is 0 Å². The summed E-state index contributed by atoms with van der Waals surface area (Å²) in [5.41, 5.74) is 0.125. The monoisotopic (exact) mass is 351 g/mol. The first-order valence-electron chi connectivity index (χ1n) is 9.11. The molecule has 0 amide bonds. The Kier molecular flexibility index (Phi) is 10.3. The summed E-state index contributed by atoms with van der Waals surface area (Å²) in [5, 5.41) is 0. The average molecular weight is 351 g/mol. The van der Waals surface area contributed by atoms with Crippen molar-refractivity contribution in [2.75, 3.05) is 19.8 Å². The van der Waals surface area contributed by atoms with Gasteiger partial charge in [-0.3, -0.25) is 0 Å². The van der Waals surface area contributed by atoms with E-state index in [0.29, 0.717) is 25.6 Å². The van der Waals surface area contributed by atoms with Crippen molar-refractivity contribution in [2.45, 2.75) is 59.3 Å². The minimum atomic E-state index is -0.558. The van der Waals surface area contributed by atoms with Crippen LogP contribution < -0.4 is 4.74 Å². The SMILES string of the molecule is CCCCOC(=O)c1cc(OCCCC)cc(C(=O)OCCCC)n1. The van der Waals surface area contributed by atoms with Crippen LogP contribution in [0.1, 0.15) is 80.3 Å². The Labute approximate surface area is 149 Å². The van der Waals surface area contributed by atoms with Gasteiger partial charge in [0, 0.05) is 12.1 Å². The van der Waals surface area contributed by atoms with Crippen LogP contribution in [0.15, 0.2) is 12.1 Å². The highest BCUT2D eigenvalue weighted by molar-refractivity contribution is 5.92. The number of hydrogen-bond acceptors (Lipinski definition) is 6. The highest BCUT2D eigenvalue weighted by atomic mass is 16.5. The zero-order valence-electron chi connectivity index (χ0n) is 15.5. The fraction of sp³-hybridized carbons (Fsp3) is 0.632. The number of carbonyl (C=O) groups excluding carboxylic acids is 2. The summed E-state index contributed by atoms with van der Waals surface area (Å²) in [6.07, 6.45) is 5.29. The van der Waals surface area contributed by atoms with Crippen LogP contribution in [-0.4, -0.2) is 36.7 Å². The summed E-state index contributed by atoms with van der Waals surface area (Å²) < 4.78 is 16.0. The minimum absolute atomic E-state index is 0.0625. The molecule has 0 atom stereocenters. The van der Waals surface area contributed by atoms with Gasteiger partial charge in [0.25, 0.3) is 0 Å². The van der Waals surface area contributed by atoms with Crippen LogP contribution in [0.4, 0.5) is 0 Å². The summed E-state index contributed by atoms with van der Waals surface area (Å²) >= 11 is 0. The Morgan fingerprint density at radius 2 is 1.24 bits per heavy atom. The van der Waals surface area contributed by atoms with Crippen molar-refractivity contribution < 1.29 is 23.8 Å². The van der Waals surface area contributed by atoms with Crippen molar-refractivity contribution in [1.82, 2.24) is 4.98 Å². The van der Waals surface area contributed by atoms with Crippen molar-refractivity contribution in [3.05, 3.63) is 23.5 Å². The third-order valence-electron chi connectivity index (χ3n) is 3.45. The third kappa shape index (κ3) is 8.01. The highest BCUT2D eigenvalue weighted by Crippen LogP contribution is 2.17. The van der Waals surface area contributed by atoms with E-state index in [1.165, 1.54) is 12.1 Å². The van der Waals surface area contributed by atoms with Gasteiger partial charge in [-0.1, -0.05) is 40.0 Å². The number of pyridine rings is 1. The van der Waals surface area contributed by atoms with E-state index in [1.54, 1.807) is 0 Å².